The quantitative estimate of drug-likeness (QED) is 0.645. The molecule has 2 heterocycles. The van der Waals surface area contributed by atoms with Gasteiger partial charge in [0.05, 0.1) is 6.10 Å². The summed E-state index contributed by atoms with van der Waals surface area (Å²) in [6.07, 6.45) is 1.06. The molecule has 2 rings (SSSR count). The molecule has 0 radical (unpaired) electrons. The van der Waals surface area contributed by atoms with Crippen LogP contribution in [0.5, 0.6) is 0 Å². The number of aromatic nitrogens is 2. The van der Waals surface area contributed by atoms with Crippen LogP contribution in [-0.2, 0) is 7.05 Å². The molecule has 1 aromatic heterocycles. The molecule has 0 bridgehead atoms. The van der Waals surface area contributed by atoms with E-state index in [1.54, 1.807) is 0 Å². The van der Waals surface area contributed by atoms with E-state index in [0.29, 0.717) is 31.7 Å². The molecule has 1 fully saturated rings. The number of aliphatic hydroxyl groups is 1. The zero-order valence-electron chi connectivity index (χ0n) is 9.14. The lowest BCUT2D eigenvalue weighted by Gasteiger charge is -2.30. The molecule has 0 amide bonds. The van der Waals surface area contributed by atoms with Crippen LogP contribution in [0.4, 0.5) is 5.82 Å². The summed E-state index contributed by atoms with van der Waals surface area (Å²) in [6, 6.07) is 1.42. The highest BCUT2D eigenvalue weighted by Crippen LogP contribution is 2.15. The third-order valence-corrected chi connectivity index (χ3v) is 2.94. The van der Waals surface area contributed by atoms with Crippen molar-refractivity contribution >= 4 is 5.82 Å². The van der Waals surface area contributed by atoms with Gasteiger partial charge in [-0.3, -0.25) is 14.3 Å². The second-order valence-electron chi connectivity index (χ2n) is 4.08. The average Bonchev–Trinajstić information content (AvgIpc) is 2.26. The van der Waals surface area contributed by atoms with E-state index in [9.17, 15) is 14.7 Å². The Kier molecular flexibility index (Phi) is 2.82. The van der Waals surface area contributed by atoms with Gasteiger partial charge in [-0.25, -0.2) is 4.79 Å². The largest absolute Gasteiger partial charge is 0.393 e. The van der Waals surface area contributed by atoms with Crippen molar-refractivity contribution in [3.05, 3.63) is 26.9 Å². The van der Waals surface area contributed by atoms with Crippen molar-refractivity contribution in [1.82, 2.24) is 9.55 Å². The topological polar surface area (TPSA) is 78.3 Å². The maximum Gasteiger partial charge on any atom is 0.329 e. The molecular weight excluding hydrogens is 210 g/mol. The first kappa shape index (κ1) is 10.9. The lowest BCUT2D eigenvalue weighted by Crippen LogP contribution is -2.40. The molecular formula is C10H15N3O3. The molecule has 1 saturated heterocycles. The van der Waals surface area contributed by atoms with Crippen LogP contribution >= 0.6 is 0 Å². The zero-order chi connectivity index (χ0) is 11.7. The number of rotatable bonds is 1. The Bertz CT molecular complexity index is 452. The number of aliphatic hydroxyl groups excluding tert-OH is 1. The highest BCUT2D eigenvalue weighted by atomic mass is 16.3. The predicted molar refractivity (Wildman–Crippen MR) is 59.8 cm³/mol. The number of nitrogens with zero attached hydrogens (tertiary/aromatic N) is 2. The monoisotopic (exact) mass is 225 g/mol. The highest BCUT2D eigenvalue weighted by molar-refractivity contribution is 5.37. The summed E-state index contributed by atoms with van der Waals surface area (Å²) >= 11 is 0. The molecule has 0 aliphatic carbocycles. The van der Waals surface area contributed by atoms with E-state index in [4.69, 9.17) is 0 Å². The number of nitrogens with one attached hydrogen (secondary N) is 1. The van der Waals surface area contributed by atoms with Gasteiger partial charge in [0.15, 0.2) is 0 Å². The van der Waals surface area contributed by atoms with Crippen LogP contribution in [0.1, 0.15) is 12.8 Å². The summed E-state index contributed by atoms with van der Waals surface area (Å²) in [4.78, 5) is 27.4. The molecule has 16 heavy (non-hydrogen) atoms. The summed E-state index contributed by atoms with van der Waals surface area (Å²) in [5, 5.41) is 9.36. The minimum Gasteiger partial charge on any atom is -0.393 e. The summed E-state index contributed by atoms with van der Waals surface area (Å²) in [7, 11) is 1.44. The van der Waals surface area contributed by atoms with Crippen molar-refractivity contribution in [2.75, 3.05) is 18.0 Å². The second-order valence-corrected chi connectivity index (χ2v) is 4.08. The van der Waals surface area contributed by atoms with E-state index in [2.05, 4.69) is 4.98 Å². The van der Waals surface area contributed by atoms with Crippen LogP contribution in [0, 0.1) is 0 Å². The smallest absolute Gasteiger partial charge is 0.329 e. The van der Waals surface area contributed by atoms with Crippen molar-refractivity contribution in [1.29, 1.82) is 0 Å². The fraction of sp³-hybridized carbons (Fsp3) is 0.600. The third kappa shape index (κ3) is 2.01. The summed E-state index contributed by atoms with van der Waals surface area (Å²) in [6.45, 7) is 1.31. The number of hydrogen-bond acceptors (Lipinski definition) is 4. The summed E-state index contributed by atoms with van der Waals surface area (Å²) < 4.78 is 1.03. The fourth-order valence-electron chi connectivity index (χ4n) is 1.82. The van der Waals surface area contributed by atoms with E-state index in [1.807, 2.05) is 4.90 Å². The number of piperidine rings is 1. The summed E-state index contributed by atoms with van der Waals surface area (Å²) in [5.74, 6) is 0.542. The SMILES string of the molecule is Cn1c(=O)cc(N2CCC(O)CC2)[nH]c1=O. The number of H-pyrrole nitrogens is 1. The van der Waals surface area contributed by atoms with Gasteiger partial charge >= 0.3 is 5.69 Å². The minimum atomic E-state index is -0.409. The molecule has 0 atom stereocenters. The van der Waals surface area contributed by atoms with E-state index in [0.717, 1.165) is 4.57 Å². The maximum atomic E-state index is 11.4. The third-order valence-electron chi connectivity index (χ3n) is 2.94. The Balaban J connectivity index is 2.28. The van der Waals surface area contributed by atoms with E-state index < -0.39 is 5.69 Å². The van der Waals surface area contributed by atoms with E-state index >= 15 is 0 Å². The molecule has 0 unspecified atom stereocenters. The summed E-state index contributed by atoms with van der Waals surface area (Å²) in [5.41, 5.74) is -0.724. The van der Waals surface area contributed by atoms with Gasteiger partial charge in [0.25, 0.3) is 5.56 Å². The molecule has 6 heteroatoms. The normalized spacial score (nSPS) is 17.8. The first-order valence-electron chi connectivity index (χ1n) is 5.31. The van der Waals surface area contributed by atoms with Crippen LogP contribution in [-0.4, -0.2) is 33.9 Å². The average molecular weight is 225 g/mol. The Morgan fingerprint density at radius 3 is 2.56 bits per heavy atom. The minimum absolute atomic E-state index is 0.269. The molecule has 0 spiro atoms. The Labute approximate surface area is 92.1 Å². The van der Waals surface area contributed by atoms with Gasteiger partial charge in [0.2, 0.25) is 0 Å². The number of anilines is 1. The van der Waals surface area contributed by atoms with E-state index in [1.165, 1.54) is 13.1 Å². The van der Waals surface area contributed by atoms with Gasteiger partial charge in [-0.15, -0.1) is 0 Å². The van der Waals surface area contributed by atoms with Crippen molar-refractivity contribution in [3.8, 4) is 0 Å². The molecule has 0 saturated carbocycles. The molecule has 1 aliphatic heterocycles. The molecule has 1 aliphatic rings. The molecule has 2 N–H and O–H groups in total. The predicted octanol–water partition coefficient (Wildman–Crippen LogP) is -0.965. The molecule has 88 valence electrons. The van der Waals surface area contributed by atoms with Gasteiger partial charge < -0.3 is 10.0 Å². The van der Waals surface area contributed by atoms with Crippen molar-refractivity contribution in [3.63, 3.8) is 0 Å². The standard InChI is InChI=1S/C10H15N3O3/c1-12-9(15)6-8(11-10(12)16)13-4-2-7(14)3-5-13/h6-7,14H,2-5H2,1H3,(H,11,16). The van der Waals surface area contributed by atoms with Crippen molar-refractivity contribution < 1.29 is 5.11 Å². The molecule has 6 nitrogen and oxygen atoms in total. The zero-order valence-corrected chi connectivity index (χ0v) is 9.14. The van der Waals surface area contributed by atoms with Gasteiger partial charge in [-0.1, -0.05) is 0 Å². The first-order valence-corrected chi connectivity index (χ1v) is 5.31. The maximum absolute atomic E-state index is 11.4. The van der Waals surface area contributed by atoms with Crippen molar-refractivity contribution in [2.24, 2.45) is 7.05 Å². The van der Waals surface area contributed by atoms with Crippen LogP contribution < -0.4 is 16.1 Å². The van der Waals surface area contributed by atoms with Crippen LogP contribution in [0.15, 0.2) is 15.7 Å². The fourth-order valence-corrected chi connectivity index (χ4v) is 1.82. The van der Waals surface area contributed by atoms with Crippen LogP contribution in [0.3, 0.4) is 0 Å². The van der Waals surface area contributed by atoms with Gasteiger partial charge in [0, 0.05) is 26.2 Å². The number of aromatic amines is 1. The Morgan fingerprint density at radius 1 is 1.38 bits per heavy atom. The Hall–Kier alpha value is -1.56. The first-order chi connectivity index (χ1) is 7.58. The van der Waals surface area contributed by atoms with Crippen LogP contribution in [0.25, 0.3) is 0 Å². The molecule has 1 aromatic rings. The van der Waals surface area contributed by atoms with Crippen molar-refractivity contribution in [2.45, 2.75) is 18.9 Å². The lowest BCUT2D eigenvalue weighted by molar-refractivity contribution is 0.145. The molecule has 0 aromatic carbocycles. The second kappa shape index (κ2) is 4.13. The van der Waals surface area contributed by atoms with Gasteiger partial charge in [-0.05, 0) is 12.8 Å². The lowest BCUT2D eigenvalue weighted by atomic mass is 10.1. The van der Waals surface area contributed by atoms with E-state index in [-0.39, 0.29) is 11.7 Å². The van der Waals surface area contributed by atoms with Gasteiger partial charge in [-0.2, -0.15) is 0 Å². The Morgan fingerprint density at radius 2 is 2.00 bits per heavy atom. The number of hydrogen-bond donors (Lipinski definition) is 2. The van der Waals surface area contributed by atoms with Gasteiger partial charge in [0.1, 0.15) is 5.82 Å². The van der Waals surface area contributed by atoms with Crippen LogP contribution in [0.2, 0.25) is 0 Å². The highest BCUT2D eigenvalue weighted by Gasteiger charge is 2.18.